The van der Waals surface area contributed by atoms with Crippen molar-refractivity contribution >= 4 is 28.6 Å². The zero-order valence-corrected chi connectivity index (χ0v) is 12.7. The molecule has 0 amide bonds. The average Bonchev–Trinajstić information content (AvgIpc) is 3.06. The van der Waals surface area contributed by atoms with Crippen molar-refractivity contribution in [3.05, 3.63) is 51.6 Å². The SMILES string of the molecule is CC(NCCc1nnc2ccccn12)c1ccc(Cl)s1. The van der Waals surface area contributed by atoms with Gasteiger partial charge in [-0.15, -0.1) is 21.5 Å². The van der Waals surface area contributed by atoms with Gasteiger partial charge in [0.2, 0.25) is 0 Å². The van der Waals surface area contributed by atoms with Gasteiger partial charge in [0.15, 0.2) is 5.65 Å². The van der Waals surface area contributed by atoms with Gasteiger partial charge in [-0.05, 0) is 31.2 Å². The van der Waals surface area contributed by atoms with Crippen LogP contribution in [-0.2, 0) is 6.42 Å². The van der Waals surface area contributed by atoms with Crippen LogP contribution in [0.2, 0.25) is 4.34 Å². The first-order valence-electron chi connectivity index (χ1n) is 6.51. The predicted molar refractivity (Wildman–Crippen MR) is 82.4 cm³/mol. The molecule has 0 spiro atoms. The zero-order valence-electron chi connectivity index (χ0n) is 11.1. The molecule has 0 aliphatic carbocycles. The number of hydrogen-bond acceptors (Lipinski definition) is 4. The van der Waals surface area contributed by atoms with Crippen LogP contribution in [-0.4, -0.2) is 21.1 Å². The van der Waals surface area contributed by atoms with Crippen molar-refractivity contribution in [2.75, 3.05) is 6.54 Å². The maximum Gasteiger partial charge on any atom is 0.160 e. The molecule has 0 saturated carbocycles. The van der Waals surface area contributed by atoms with Gasteiger partial charge in [0.1, 0.15) is 5.82 Å². The van der Waals surface area contributed by atoms with Crippen LogP contribution < -0.4 is 5.32 Å². The Kier molecular flexibility index (Phi) is 4.00. The van der Waals surface area contributed by atoms with Gasteiger partial charge >= 0.3 is 0 Å². The number of halogens is 1. The average molecular weight is 307 g/mol. The lowest BCUT2D eigenvalue weighted by molar-refractivity contribution is 0.576. The second-order valence-corrected chi connectivity index (χ2v) is 6.36. The minimum Gasteiger partial charge on any atom is -0.309 e. The summed E-state index contributed by atoms with van der Waals surface area (Å²) in [5.41, 5.74) is 0.889. The van der Waals surface area contributed by atoms with Crippen molar-refractivity contribution in [1.82, 2.24) is 19.9 Å². The van der Waals surface area contributed by atoms with Crippen LogP contribution in [0.3, 0.4) is 0 Å². The van der Waals surface area contributed by atoms with Crippen LogP contribution in [0.5, 0.6) is 0 Å². The summed E-state index contributed by atoms with van der Waals surface area (Å²) < 4.78 is 2.85. The van der Waals surface area contributed by atoms with Gasteiger partial charge < -0.3 is 5.32 Å². The highest BCUT2D eigenvalue weighted by atomic mass is 35.5. The Bertz CT molecular complexity index is 706. The molecular formula is C14H15ClN4S. The highest BCUT2D eigenvalue weighted by Gasteiger charge is 2.09. The Labute approximate surface area is 126 Å². The van der Waals surface area contributed by atoms with E-state index >= 15 is 0 Å². The van der Waals surface area contributed by atoms with E-state index in [1.54, 1.807) is 11.3 Å². The van der Waals surface area contributed by atoms with Gasteiger partial charge in [-0.25, -0.2) is 0 Å². The third-order valence-electron chi connectivity index (χ3n) is 3.20. The maximum absolute atomic E-state index is 5.95. The molecule has 3 aromatic heterocycles. The van der Waals surface area contributed by atoms with E-state index in [-0.39, 0.29) is 0 Å². The molecule has 0 saturated heterocycles. The number of rotatable bonds is 5. The van der Waals surface area contributed by atoms with Gasteiger partial charge in [0, 0.05) is 30.1 Å². The van der Waals surface area contributed by atoms with Crippen molar-refractivity contribution in [2.45, 2.75) is 19.4 Å². The topological polar surface area (TPSA) is 42.2 Å². The van der Waals surface area contributed by atoms with Crippen molar-refractivity contribution in [2.24, 2.45) is 0 Å². The lowest BCUT2D eigenvalue weighted by atomic mass is 10.2. The Balaban J connectivity index is 1.60. The molecule has 0 fully saturated rings. The molecule has 6 heteroatoms. The van der Waals surface area contributed by atoms with E-state index in [1.165, 1.54) is 4.88 Å². The number of nitrogens with zero attached hydrogens (tertiary/aromatic N) is 3. The van der Waals surface area contributed by atoms with Gasteiger partial charge in [-0.2, -0.15) is 0 Å². The largest absolute Gasteiger partial charge is 0.309 e. The highest BCUT2D eigenvalue weighted by Crippen LogP contribution is 2.26. The standard InChI is InChI=1S/C14H15ClN4S/c1-10(11-5-6-12(15)20-11)16-8-7-14-18-17-13-4-2-3-9-19(13)14/h2-6,9-10,16H,7-8H2,1H3. The Hall–Kier alpha value is -1.43. The Morgan fingerprint density at radius 2 is 2.20 bits per heavy atom. The monoisotopic (exact) mass is 306 g/mol. The molecule has 104 valence electrons. The maximum atomic E-state index is 5.95. The first-order valence-corrected chi connectivity index (χ1v) is 7.71. The molecule has 4 nitrogen and oxygen atoms in total. The third kappa shape index (κ3) is 2.85. The first kappa shape index (κ1) is 13.5. The quantitative estimate of drug-likeness (QED) is 0.786. The summed E-state index contributed by atoms with van der Waals surface area (Å²) in [6, 6.07) is 10.2. The molecule has 20 heavy (non-hydrogen) atoms. The van der Waals surface area contributed by atoms with Crippen LogP contribution in [0, 0.1) is 0 Å². The van der Waals surface area contributed by atoms with E-state index in [0.29, 0.717) is 6.04 Å². The van der Waals surface area contributed by atoms with Crippen LogP contribution in [0.15, 0.2) is 36.5 Å². The van der Waals surface area contributed by atoms with Crippen LogP contribution >= 0.6 is 22.9 Å². The molecule has 1 unspecified atom stereocenters. The number of aromatic nitrogens is 3. The molecule has 1 N–H and O–H groups in total. The van der Waals surface area contributed by atoms with Gasteiger partial charge in [0.05, 0.1) is 4.34 Å². The molecule has 3 heterocycles. The predicted octanol–water partition coefficient (Wildman–Crippen LogP) is 3.34. The van der Waals surface area contributed by atoms with Gasteiger partial charge in [-0.1, -0.05) is 17.7 Å². The fraction of sp³-hybridized carbons (Fsp3) is 0.286. The summed E-state index contributed by atoms with van der Waals surface area (Å²) in [6.45, 7) is 3.00. The minimum absolute atomic E-state index is 0.298. The van der Waals surface area contributed by atoms with Crippen molar-refractivity contribution < 1.29 is 0 Å². The Morgan fingerprint density at radius 1 is 1.30 bits per heavy atom. The summed E-state index contributed by atoms with van der Waals surface area (Å²) in [4.78, 5) is 1.25. The first-order chi connectivity index (χ1) is 9.74. The van der Waals surface area contributed by atoms with Crippen LogP contribution in [0.4, 0.5) is 0 Å². The minimum atomic E-state index is 0.298. The summed E-state index contributed by atoms with van der Waals surface area (Å²) >= 11 is 7.57. The molecular weight excluding hydrogens is 292 g/mol. The number of nitrogens with one attached hydrogen (secondary N) is 1. The van der Waals surface area contributed by atoms with Crippen molar-refractivity contribution in [3.63, 3.8) is 0 Å². The molecule has 3 aromatic rings. The lowest BCUT2D eigenvalue weighted by Crippen LogP contribution is -2.21. The fourth-order valence-electron chi connectivity index (χ4n) is 2.12. The molecule has 0 aliphatic rings. The van der Waals surface area contributed by atoms with E-state index in [9.17, 15) is 0 Å². The molecule has 0 radical (unpaired) electrons. The summed E-state index contributed by atoms with van der Waals surface area (Å²) in [5, 5.41) is 11.9. The van der Waals surface area contributed by atoms with Crippen molar-refractivity contribution in [3.8, 4) is 0 Å². The summed E-state index contributed by atoms with van der Waals surface area (Å²) in [7, 11) is 0. The third-order valence-corrected chi connectivity index (χ3v) is 4.62. The second kappa shape index (κ2) is 5.91. The number of fused-ring (bicyclic) bond motifs is 1. The lowest BCUT2D eigenvalue weighted by Gasteiger charge is -2.11. The van der Waals surface area contributed by atoms with E-state index < -0.39 is 0 Å². The van der Waals surface area contributed by atoms with Gasteiger partial charge in [0.25, 0.3) is 0 Å². The zero-order chi connectivity index (χ0) is 13.9. The van der Waals surface area contributed by atoms with E-state index in [2.05, 4.69) is 28.5 Å². The summed E-state index contributed by atoms with van der Waals surface area (Å²) in [6.07, 6.45) is 2.84. The number of pyridine rings is 1. The highest BCUT2D eigenvalue weighted by molar-refractivity contribution is 7.16. The molecule has 0 aliphatic heterocycles. The molecule has 0 bridgehead atoms. The Morgan fingerprint density at radius 3 is 3.00 bits per heavy atom. The normalized spacial score (nSPS) is 12.9. The van der Waals surface area contributed by atoms with Crippen LogP contribution in [0.1, 0.15) is 23.7 Å². The fourth-order valence-corrected chi connectivity index (χ4v) is 3.21. The van der Waals surface area contributed by atoms with E-state index in [0.717, 1.165) is 28.8 Å². The van der Waals surface area contributed by atoms with E-state index in [4.69, 9.17) is 11.6 Å². The van der Waals surface area contributed by atoms with Gasteiger partial charge in [-0.3, -0.25) is 4.40 Å². The van der Waals surface area contributed by atoms with E-state index in [1.807, 2.05) is 34.9 Å². The molecule has 3 rings (SSSR count). The van der Waals surface area contributed by atoms with Crippen LogP contribution in [0.25, 0.3) is 5.65 Å². The number of thiophene rings is 1. The second-order valence-electron chi connectivity index (χ2n) is 4.61. The molecule has 1 atom stereocenters. The smallest absolute Gasteiger partial charge is 0.160 e. The summed E-state index contributed by atoms with van der Waals surface area (Å²) in [5.74, 6) is 0.976. The molecule has 0 aromatic carbocycles. The van der Waals surface area contributed by atoms with Crippen molar-refractivity contribution in [1.29, 1.82) is 0 Å². The number of hydrogen-bond donors (Lipinski definition) is 1.